The summed E-state index contributed by atoms with van der Waals surface area (Å²) in [5, 5.41) is 0. The summed E-state index contributed by atoms with van der Waals surface area (Å²) in [5.74, 6) is -0.117. The maximum absolute atomic E-state index is 12.3. The van der Waals surface area contributed by atoms with E-state index in [0.29, 0.717) is 6.54 Å². The topological polar surface area (TPSA) is 55.6 Å². The Morgan fingerprint density at radius 2 is 1.89 bits per heavy atom. The summed E-state index contributed by atoms with van der Waals surface area (Å²) < 4.78 is 5.53. The third-order valence-electron chi connectivity index (χ3n) is 3.58. The Labute approximate surface area is 111 Å². The first-order chi connectivity index (χ1) is 8.33. The van der Waals surface area contributed by atoms with Crippen molar-refractivity contribution in [2.24, 2.45) is 11.1 Å². The minimum atomic E-state index is -0.461. The first-order valence-corrected chi connectivity index (χ1v) is 6.99. The van der Waals surface area contributed by atoms with Crippen molar-refractivity contribution in [3.05, 3.63) is 0 Å². The molecule has 2 N–H and O–H groups in total. The van der Waals surface area contributed by atoms with Crippen molar-refractivity contribution in [3.63, 3.8) is 0 Å². The molecule has 0 bridgehead atoms. The van der Waals surface area contributed by atoms with Gasteiger partial charge in [0.1, 0.15) is 5.60 Å². The van der Waals surface area contributed by atoms with Crippen molar-refractivity contribution in [1.82, 2.24) is 4.90 Å². The number of nitrogens with zero attached hydrogens (tertiary/aromatic N) is 1. The monoisotopic (exact) mass is 256 g/mol. The first kappa shape index (κ1) is 15.4. The molecule has 4 heteroatoms. The Morgan fingerprint density at radius 3 is 2.28 bits per heavy atom. The fourth-order valence-corrected chi connectivity index (χ4v) is 2.40. The molecule has 1 rings (SSSR count). The molecule has 18 heavy (non-hydrogen) atoms. The zero-order valence-corrected chi connectivity index (χ0v) is 12.3. The van der Waals surface area contributed by atoms with Crippen LogP contribution < -0.4 is 5.73 Å². The van der Waals surface area contributed by atoms with Crippen LogP contribution in [0.1, 0.15) is 47.0 Å². The second-order valence-electron chi connectivity index (χ2n) is 6.33. The van der Waals surface area contributed by atoms with Gasteiger partial charge in [0.2, 0.25) is 0 Å². The molecular weight excluding hydrogens is 228 g/mol. The summed E-state index contributed by atoms with van der Waals surface area (Å²) in [6.07, 6.45) is 2.79. The maximum atomic E-state index is 12.3. The third kappa shape index (κ3) is 3.95. The lowest BCUT2D eigenvalue weighted by Crippen LogP contribution is -2.50. The highest BCUT2D eigenvalue weighted by Crippen LogP contribution is 2.33. The van der Waals surface area contributed by atoms with Gasteiger partial charge < -0.3 is 15.4 Å². The number of hydrogen-bond donors (Lipinski definition) is 1. The van der Waals surface area contributed by atoms with Gasteiger partial charge in [-0.1, -0.05) is 6.92 Å². The number of likely N-dealkylation sites (tertiary alicyclic amines) is 1. The van der Waals surface area contributed by atoms with Gasteiger partial charge in [-0.15, -0.1) is 0 Å². The van der Waals surface area contributed by atoms with E-state index in [4.69, 9.17) is 10.5 Å². The summed E-state index contributed by atoms with van der Waals surface area (Å²) in [6, 6.07) is 0. The van der Waals surface area contributed by atoms with Crippen LogP contribution in [0.4, 0.5) is 0 Å². The lowest BCUT2D eigenvalue weighted by Gasteiger charge is -2.40. The fourth-order valence-electron chi connectivity index (χ4n) is 2.40. The summed E-state index contributed by atoms with van der Waals surface area (Å²) in [6.45, 7) is 11.3. The Bertz CT molecular complexity index is 276. The summed E-state index contributed by atoms with van der Waals surface area (Å²) in [4.78, 5) is 14.7. The quantitative estimate of drug-likeness (QED) is 0.779. The highest BCUT2D eigenvalue weighted by Gasteiger charge is 2.42. The lowest BCUT2D eigenvalue weighted by atomic mass is 9.78. The van der Waals surface area contributed by atoms with Crippen molar-refractivity contribution >= 4 is 5.97 Å². The van der Waals surface area contributed by atoms with Crippen LogP contribution in [0, 0.1) is 5.41 Å². The molecule has 0 aromatic carbocycles. The maximum Gasteiger partial charge on any atom is 0.313 e. The second-order valence-corrected chi connectivity index (χ2v) is 6.33. The van der Waals surface area contributed by atoms with Gasteiger partial charge in [0.15, 0.2) is 0 Å². The van der Waals surface area contributed by atoms with Crippen LogP contribution >= 0.6 is 0 Å². The number of piperidine rings is 1. The number of carbonyl (C=O) groups excluding carboxylic acids is 1. The number of rotatable bonds is 4. The molecule has 0 aromatic heterocycles. The molecule has 1 saturated heterocycles. The molecule has 1 heterocycles. The molecule has 0 atom stereocenters. The molecule has 0 saturated carbocycles. The van der Waals surface area contributed by atoms with E-state index in [2.05, 4.69) is 11.8 Å². The molecule has 106 valence electrons. The molecular formula is C14H28N2O2. The minimum absolute atomic E-state index is 0.117. The molecule has 0 amide bonds. The highest BCUT2D eigenvalue weighted by molar-refractivity contribution is 5.77. The molecule has 0 spiro atoms. The van der Waals surface area contributed by atoms with Crippen LogP contribution in [0.5, 0.6) is 0 Å². The Balaban J connectivity index is 2.63. The minimum Gasteiger partial charge on any atom is -0.460 e. The van der Waals surface area contributed by atoms with Crippen LogP contribution in [-0.4, -0.2) is 42.6 Å². The SMILES string of the molecule is CCCN1CCC(CN)(C(=O)OC(C)(C)C)CC1. The fraction of sp³-hybridized carbons (Fsp3) is 0.929. The van der Waals surface area contributed by atoms with Crippen LogP contribution in [-0.2, 0) is 9.53 Å². The average Bonchev–Trinajstić information content (AvgIpc) is 2.28. The smallest absolute Gasteiger partial charge is 0.313 e. The van der Waals surface area contributed by atoms with Crippen molar-refractivity contribution in [1.29, 1.82) is 0 Å². The average molecular weight is 256 g/mol. The van der Waals surface area contributed by atoms with E-state index in [1.54, 1.807) is 0 Å². The van der Waals surface area contributed by atoms with E-state index in [1.165, 1.54) is 0 Å². The number of esters is 1. The molecule has 0 aliphatic carbocycles. The summed E-state index contributed by atoms with van der Waals surface area (Å²) in [7, 11) is 0. The van der Waals surface area contributed by atoms with Crippen LogP contribution in [0.25, 0.3) is 0 Å². The number of hydrogen-bond acceptors (Lipinski definition) is 4. The zero-order valence-electron chi connectivity index (χ0n) is 12.3. The number of ether oxygens (including phenoxy) is 1. The van der Waals surface area contributed by atoms with Crippen LogP contribution in [0.15, 0.2) is 0 Å². The van der Waals surface area contributed by atoms with E-state index in [-0.39, 0.29) is 5.97 Å². The largest absolute Gasteiger partial charge is 0.460 e. The van der Waals surface area contributed by atoms with Crippen LogP contribution in [0.2, 0.25) is 0 Å². The Kier molecular flexibility index (Phi) is 5.17. The first-order valence-electron chi connectivity index (χ1n) is 6.99. The van der Waals surface area contributed by atoms with Gasteiger partial charge in [-0.3, -0.25) is 4.79 Å². The predicted molar refractivity (Wildman–Crippen MR) is 73.3 cm³/mol. The number of nitrogens with two attached hydrogens (primary N) is 1. The number of carbonyl (C=O) groups is 1. The van der Waals surface area contributed by atoms with E-state index in [9.17, 15) is 4.79 Å². The Morgan fingerprint density at radius 1 is 1.33 bits per heavy atom. The van der Waals surface area contributed by atoms with Crippen molar-refractivity contribution < 1.29 is 9.53 Å². The molecule has 1 aliphatic heterocycles. The van der Waals surface area contributed by atoms with Crippen molar-refractivity contribution in [2.75, 3.05) is 26.2 Å². The molecule has 1 aliphatic rings. The van der Waals surface area contributed by atoms with Gasteiger partial charge in [0, 0.05) is 6.54 Å². The second kappa shape index (κ2) is 6.02. The molecule has 1 fully saturated rings. The van der Waals surface area contributed by atoms with Gasteiger partial charge in [0.25, 0.3) is 0 Å². The predicted octanol–water partition coefficient (Wildman–Crippen LogP) is 1.78. The van der Waals surface area contributed by atoms with Crippen LogP contribution in [0.3, 0.4) is 0 Å². The summed E-state index contributed by atoms with van der Waals surface area (Å²) in [5.41, 5.74) is 4.97. The molecule has 0 unspecified atom stereocenters. The zero-order chi connectivity index (χ0) is 13.8. The van der Waals surface area contributed by atoms with Gasteiger partial charge in [0.05, 0.1) is 5.41 Å². The normalized spacial score (nSPS) is 20.7. The standard InChI is InChI=1S/C14H28N2O2/c1-5-8-16-9-6-14(11-15,7-10-16)12(17)18-13(2,3)4/h5-11,15H2,1-4H3. The molecule has 0 radical (unpaired) electrons. The lowest BCUT2D eigenvalue weighted by molar-refractivity contribution is -0.170. The highest BCUT2D eigenvalue weighted by atomic mass is 16.6. The van der Waals surface area contributed by atoms with Gasteiger partial charge in [-0.2, -0.15) is 0 Å². The third-order valence-corrected chi connectivity index (χ3v) is 3.58. The molecule has 4 nitrogen and oxygen atoms in total. The van der Waals surface area contributed by atoms with E-state index >= 15 is 0 Å². The summed E-state index contributed by atoms with van der Waals surface area (Å²) >= 11 is 0. The van der Waals surface area contributed by atoms with E-state index in [0.717, 1.165) is 38.9 Å². The molecule has 0 aromatic rings. The van der Waals surface area contributed by atoms with Gasteiger partial charge >= 0.3 is 5.97 Å². The van der Waals surface area contributed by atoms with Gasteiger partial charge in [-0.05, 0) is 59.7 Å². The Hall–Kier alpha value is -0.610. The van der Waals surface area contributed by atoms with Crippen molar-refractivity contribution in [2.45, 2.75) is 52.6 Å². The van der Waals surface area contributed by atoms with E-state index < -0.39 is 11.0 Å². The van der Waals surface area contributed by atoms with E-state index in [1.807, 2.05) is 20.8 Å². The van der Waals surface area contributed by atoms with Gasteiger partial charge in [-0.25, -0.2) is 0 Å². The van der Waals surface area contributed by atoms with Crippen molar-refractivity contribution in [3.8, 4) is 0 Å².